The van der Waals surface area contributed by atoms with Gasteiger partial charge in [0.25, 0.3) is 10.0 Å². The van der Waals surface area contributed by atoms with E-state index in [2.05, 4.69) is 5.32 Å². The van der Waals surface area contributed by atoms with E-state index in [0.717, 1.165) is 17.1 Å². The number of carbonyl (C=O) groups excluding carboxylic acids is 1. The minimum atomic E-state index is -4.05. The Kier molecular flexibility index (Phi) is 9.16. The molecule has 0 aromatic heterocycles. The molecule has 208 valence electrons. The number of ether oxygens (including phenoxy) is 1. The second-order valence-electron chi connectivity index (χ2n) is 9.03. The van der Waals surface area contributed by atoms with E-state index < -0.39 is 32.5 Å². The molecule has 1 heterocycles. The summed E-state index contributed by atoms with van der Waals surface area (Å²) < 4.78 is 60.4. The maximum atomic E-state index is 13.5. The first-order valence-electron chi connectivity index (χ1n) is 12.4. The molecule has 3 aromatic rings. The third-order valence-corrected chi connectivity index (χ3v) is 10.2. The van der Waals surface area contributed by atoms with Gasteiger partial charge in [0.15, 0.2) is 0 Å². The molecular weight excluding hydrogens is 562 g/mol. The van der Waals surface area contributed by atoms with Crippen LogP contribution in [0.4, 0.5) is 5.69 Å². The Morgan fingerprint density at radius 3 is 2.18 bits per heavy atom. The van der Waals surface area contributed by atoms with Gasteiger partial charge in [0, 0.05) is 18.1 Å². The highest BCUT2D eigenvalue weighted by molar-refractivity contribution is 7.92. The van der Waals surface area contributed by atoms with Crippen molar-refractivity contribution in [2.24, 2.45) is 0 Å². The first-order valence-corrected chi connectivity index (χ1v) is 15.7. The molecule has 12 heteroatoms. The minimum Gasteiger partial charge on any atom is -0.492 e. The number of benzene rings is 3. The molecular formula is C27H30ClN3O6S2. The van der Waals surface area contributed by atoms with Gasteiger partial charge >= 0.3 is 0 Å². The monoisotopic (exact) mass is 591 g/mol. The number of nitrogens with zero attached hydrogens (tertiary/aromatic N) is 2. The van der Waals surface area contributed by atoms with Gasteiger partial charge in [-0.2, -0.15) is 4.31 Å². The molecule has 1 N–H and O–H groups in total. The molecule has 4 rings (SSSR count). The highest BCUT2D eigenvalue weighted by Crippen LogP contribution is 2.27. The fourth-order valence-corrected chi connectivity index (χ4v) is 7.34. The number of carbonyl (C=O) groups is 1. The Morgan fingerprint density at radius 1 is 0.923 bits per heavy atom. The molecule has 1 fully saturated rings. The fraction of sp³-hybridized carbons (Fsp3) is 0.296. The molecule has 9 nitrogen and oxygen atoms in total. The fourth-order valence-electron chi connectivity index (χ4n) is 4.21. The molecule has 1 aliphatic rings. The van der Waals surface area contributed by atoms with Gasteiger partial charge < -0.3 is 10.1 Å². The molecule has 1 amide bonds. The lowest BCUT2D eigenvalue weighted by Gasteiger charge is -2.25. The second-order valence-corrected chi connectivity index (χ2v) is 13.3. The van der Waals surface area contributed by atoms with Gasteiger partial charge in [0.1, 0.15) is 18.9 Å². The van der Waals surface area contributed by atoms with Crippen molar-refractivity contribution in [3.8, 4) is 5.75 Å². The zero-order valence-electron chi connectivity index (χ0n) is 21.4. The molecule has 0 saturated carbocycles. The molecule has 1 aliphatic heterocycles. The van der Waals surface area contributed by atoms with Gasteiger partial charge in [0.05, 0.1) is 22.0 Å². The average molecular weight is 592 g/mol. The van der Waals surface area contributed by atoms with Gasteiger partial charge in [0.2, 0.25) is 15.9 Å². The van der Waals surface area contributed by atoms with E-state index in [9.17, 15) is 21.6 Å². The van der Waals surface area contributed by atoms with Gasteiger partial charge in [-0.1, -0.05) is 29.8 Å². The lowest BCUT2D eigenvalue weighted by Crippen LogP contribution is -2.42. The predicted molar refractivity (Wildman–Crippen MR) is 150 cm³/mol. The van der Waals surface area contributed by atoms with Gasteiger partial charge in [-0.3, -0.25) is 9.10 Å². The van der Waals surface area contributed by atoms with Crippen LogP contribution in [0.15, 0.2) is 82.6 Å². The van der Waals surface area contributed by atoms with Gasteiger partial charge in [-0.15, -0.1) is 0 Å². The highest BCUT2D eigenvalue weighted by atomic mass is 35.5. The number of hydrogen-bond donors (Lipinski definition) is 1. The second kappa shape index (κ2) is 12.4. The standard InChI is InChI=1S/C27H30ClN3O6S2/c1-21-6-2-3-7-26(21)31(39(35,36)25-12-8-22(28)9-13-25)20-27(32)29-16-19-37-23-10-14-24(15-11-23)38(33,34)30-17-4-5-18-30/h2-3,6-15H,4-5,16-20H2,1H3,(H,29,32). The molecule has 0 spiro atoms. The predicted octanol–water partition coefficient (Wildman–Crippen LogP) is 3.82. The van der Waals surface area contributed by atoms with Crippen LogP contribution in [-0.4, -0.2) is 59.8 Å². The van der Waals surface area contributed by atoms with Crippen molar-refractivity contribution < 1.29 is 26.4 Å². The summed E-state index contributed by atoms with van der Waals surface area (Å²) in [4.78, 5) is 13.0. The maximum Gasteiger partial charge on any atom is 0.264 e. The Bertz CT molecular complexity index is 1510. The van der Waals surface area contributed by atoms with Gasteiger partial charge in [-0.25, -0.2) is 16.8 Å². The van der Waals surface area contributed by atoms with Crippen molar-refractivity contribution in [2.75, 3.05) is 37.1 Å². The molecule has 39 heavy (non-hydrogen) atoms. The lowest BCUT2D eigenvalue weighted by molar-refractivity contribution is -0.119. The molecule has 0 unspecified atom stereocenters. The van der Waals surface area contributed by atoms with Gasteiger partial charge in [-0.05, 0) is 79.9 Å². The van der Waals surface area contributed by atoms with Crippen LogP contribution >= 0.6 is 11.6 Å². The highest BCUT2D eigenvalue weighted by Gasteiger charge is 2.29. The van der Waals surface area contributed by atoms with Crippen molar-refractivity contribution in [3.05, 3.63) is 83.4 Å². The first-order chi connectivity index (χ1) is 18.6. The van der Waals surface area contributed by atoms with E-state index >= 15 is 0 Å². The summed E-state index contributed by atoms with van der Waals surface area (Å²) in [7, 11) is -7.56. The SMILES string of the molecule is Cc1ccccc1N(CC(=O)NCCOc1ccc(S(=O)(=O)N2CCCC2)cc1)S(=O)(=O)c1ccc(Cl)cc1. The van der Waals surface area contributed by atoms with Crippen LogP contribution in [0.5, 0.6) is 5.75 Å². The van der Waals surface area contributed by atoms with E-state index in [4.69, 9.17) is 16.3 Å². The van der Waals surface area contributed by atoms with Crippen molar-refractivity contribution >= 4 is 43.2 Å². The van der Waals surface area contributed by atoms with Crippen molar-refractivity contribution in [1.29, 1.82) is 0 Å². The van der Waals surface area contributed by atoms with Crippen LogP contribution < -0.4 is 14.4 Å². The number of para-hydroxylation sites is 1. The summed E-state index contributed by atoms with van der Waals surface area (Å²) in [5.41, 5.74) is 1.09. The number of hydrogen-bond acceptors (Lipinski definition) is 6. The number of amides is 1. The summed E-state index contributed by atoms with van der Waals surface area (Å²) >= 11 is 5.92. The van der Waals surface area contributed by atoms with E-state index in [1.54, 1.807) is 43.3 Å². The summed E-state index contributed by atoms with van der Waals surface area (Å²) in [6, 6.07) is 18.8. The Morgan fingerprint density at radius 2 is 1.54 bits per heavy atom. The number of anilines is 1. The maximum absolute atomic E-state index is 13.5. The summed E-state index contributed by atoms with van der Waals surface area (Å²) in [5, 5.41) is 3.08. The molecule has 0 radical (unpaired) electrons. The van der Waals surface area contributed by atoms with E-state index in [1.165, 1.54) is 40.7 Å². The topological polar surface area (TPSA) is 113 Å². The quantitative estimate of drug-likeness (QED) is 0.339. The normalized spacial score (nSPS) is 14.2. The number of nitrogens with one attached hydrogen (secondary N) is 1. The van der Waals surface area contributed by atoms with Crippen LogP contribution in [0.1, 0.15) is 18.4 Å². The third kappa shape index (κ3) is 6.91. The molecule has 3 aromatic carbocycles. The molecule has 0 atom stereocenters. The summed E-state index contributed by atoms with van der Waals surface area (Å²) in [5.74, 6) is -0.0529. The Hall–Kier alpha value is -3.12. The van der Waals surface area contributed by atoms with Crippen molar-refractivity contribution in [2.45, 2.75) is 29.6 Å². The van der Waals surface area contributed by atoms with Crippen LogP contribution in [0, 0.1) is 6.92 Å². The average Bonchev–Trinajstić information content (AvgIpc) is 3.47. The number of sulfonamides is 2. The molecule has 0 aliphatic carbocycles. The van der Waals surface area contributed by atoms with E-state index in [1.807, 2.05) is 0 Å². The third-order valence-electron chi connectivity index (χ3n) is 6.29. The largest absolute Gasteiger partial charge is 0.492 e. The zero-order chi connectivity index (χ0) is 28.0. The molecule has 0 bridgehead atoms. The van der Waals surface area contributed by atoms with E-state index in [-0.39, 0.29) is 22.9 Å². The number of aryl methyl sites for hydroxylation is 1. The van der Waals surface area contributed by atoms with Crippen molar-refractivity contribution in [3.63, 3.8) is 0 Å². The zero-order valence-corrected chi connectivity index (χ0v) is 23.8. The van der Waals surface area contributed by atoms with Crippen LogP contribution in [0.25, 0.3) is 0 Å². The van der Waals surface area contributed by atoms with Crippen LogP contribution in [0.2, 0.25) is 5.02 Å². The number of rotatable bonds is 11. The lowest BCUT2D eigenvalue weighted by atomic mass is 10.2. The summed E-state index contributed by atoms with van der Waals surface area (Å²) in [6.07, 6.45) is 1.73. The minimum absolute atomic E-state index is 0.0153. The first kappa shape index (κ1) is 28.9. The smallest absolute Gasteiger partial charge is 0.264 e. The van der Waals surface area contributed by atoms with E-state index in [0.29, 0.717) is 35.1 Å². The number of halogens is 1. The van der Waals surface area contributed by atoms with Crippen LogP contribution in [-0.2, 0) is 24.8 Å². The Labute approximate surface area is 234 Å². The van der Waals surface area contributed by atoms with Crippen LogP contribution in [0.3, 0.4) is 0 Å². The molecule has 1 saturated heterocycles. The Balaban J connectivity index is 1.36. The summed E-state index contributed by atoms with van der Waals surface area (Å²) in [6.45, 7) is 2.63. The van der Waals surface area contributed by atoms with Crippen molar-refractivity contribution in [1.82, 2.24) is 9.62 Å².